The number of rotatable bonds is 3. The number of nitrogens with zero attached hydrogens (tertiary/aromatic N) is 2. The minimum absolute atomic E-state index is 0. The Morgan fingerprint density at radius 3 is 2.96 bits per heavy atom. The second-order valence-electron chi connectivity index (χ2n) is 5.26. The lowest BCUT2D eigenvalue weighted by molar-refractivity contribution is 0.102. The molecular formula is C15H17BrCl2N4O. The van der Waals surface area contributed by atoms with Crippen molar-refractivity contribution in [2.75, 3.05) is 18.4 Å². The number of amides is 1. The molecule has 1 atom stereocenters. The fourth-order valence-electron chi connectivity index (χ4n) is 2.49. The molecule has 1 aromatic carbocycles. The van der Waals surface area contributed by atoms with Gasteiger partial charge in [-0.1, -0.05) is 11.6 Å². The molecule has 5 nitrogen and oxygen atoms in total. The minimum Gasteiger partial charge on any atom is -0.321 e. The van der Waals surface area contributed by atoms with Gasteiger partial charge in [-0.15, -0.1) is 12.4 Å². The molecule has 124 valence electrons. The first-order chi connectivity index (χ1) is 10.6. The van der Waals surface area contributed by atoms with Crippen LogP contribution >= 0.6 is 39.9 Å². The topological polar surface area (TPSA) is 59.0 Å². The lowest BCUT2D eigenvalue weighted by Gasteiger charge is -2.22. The number of halogens is 3. The van der Waals surface area contributed by atoms with Crippen molar-refractivity contribution in [2.45, 2.75) is 18.9 Å². The van der Waals surface area contributed by atoms with E-state index in [1.807, 2.05) is 10.9 Å². The smallest absolute Gasteiger partial charge is 0.276 e. The van der Waals surface area contributed by atoms with Gasteiger partial charge in [0.25, 0.3) is 5.91 Å². The van der Waals surface area contributed by atoms with Crippen molar-refractivity contribution in [3.8, 4) is 0 Å². The van der Waals surface area contributed by atoms with E-state index >= 15 is 0 Å². The average Bonchev–Trinajstić information content (AvgIpc) is 3.02. The lowest BCUT2D eigenvalue weighted by Crippen LogP contribution is -2.32. The Morgan fingerprint density at radius 2 is 2.26 bits per heavy atom. The van der Waals surface area contributed by atoms with E-state index in [1.165, 1.54) is 0 Å². The molecule has 2 aromatic rings. The summed E-state index contributed by atoms with van der Waals surface area (Å²) in [4.78, 5) is 12.3. The third-order valence-corrected chi connectivity index (χ3v) is 4.88. The Balaban J connectivity index is 0.00000192. The second-order valence-corrected chi connectivity index (χ2v) is 6.53. The number of anilines is 1. The molecule has 1 saturated heterocycles. The van der Waals surface area contributed by atoms with Gasteiger partial charge in [-0.25, -0.2) is 0 Å². The quantitative estimate of drug-likeness (QED) is 0.793. The summed E-state index contributed by atoms with van der Waals surface area (Å²) in [6.07, 6.45) is 4.08. The zero-order valence-electron chi connectivity index (χ0n) is 12.3. The molecule has 1 unspecified atom stereocenters. The van der Waals surface area contributed by atoms with Gasteiger partial charge in [-0.3, -0.25) is 9.48 Å². The Bertz CT molecular complexity index is 686. The maximum absolute atomic E-state index is 12.3. The maximum Gasteiger partial charge on any atom is 0.276 e. The highest BCUT2D eigenvalue weighted by Crippen LogP contribution is 2.25. The molecule has 1 aliphatic heterocycles. The molecule has 3 rings (SSSR count). The second kappa shape index (κ2) is 8.15. The van der Waals surface area contributed by atoms with E-state index in [1.54, 1.807) is 24.3 Å². The van der Waals surface area contributed by atoms with Crippen LogP contribution in [0.4, 0.5) is 5.69 Å². The molecule has 23 heavy (non-hydrogen) atoms. The van der Waals surface area contributed by atoms with Crippen LogP contribution < -0.4 is 10.6 Å². The third-order valence-electron chi connectivity index (χ3n) is 3.66. The van der Waals surface area contributed by atoms with Crippen molar-refractivity contribution in [1.82, 2.24) is 15.1 Å². The molecule has 0 radical (unpaired) electrons. The number of hydrogen-bond donors (Lipinski definition) is 2. The Labute approximate surface area is 154 Å². The molecule has 1 aliphatic rings. The number of nitrogens with one attached hydrogen (secondary N) is 2. The summed E-state index contributed by atoms with van der Waals surface area (Å²) in [5.41, 5.74) is 1.09. The van der Waals surface area contributed by atoms with E-state index in [0.29, 0.717) is 22.4 Å². The van der Waals surface area contributed by atoms with Crippen LogP contribution in [0.5, 0.6) is 0 Å². The highest BCUT2D eigenvalue weighted by atomic mass is 79.9. The van der Waals surface area contributed by atoms with Crippen molar-refractivity contribution in [1.29, 1.82) is 0 Å². The summed E-state index contributed by atoms with van der Waals surface area (Å²) >= 11 is 9.28. The van der Waals surface area contributed by atoms with Crippen molar-refractivity contribution in [3.63, 3.8) is 0 Å². The van der Waals surface area contributed by atoms with Crippen molar-refractivity contribution >= 4 is 51.5 Å². The minimum atomic E-state index is -0.225. The predicted molar refractivity (Wildman–Crippen MR) is 97.7 cm³/mol. The molecule has 0 spiro atoms. The molecule has 1 fully saturated rings. The summed E-state index contributed by atoms with van der Waals surface area (Å²) in [6.45, 7) is 1.95. The number of carbonyl (C=O) groups is 1. The molecule has 2 N–H and O–H groups in total. The van der Waals surface area contributed by atoms with E-state index in [-0.39, 0.29) is 18.3 Å². The summed E-state index contributed by atoms with van der Waals surface area (Å²) in [5.74, 6) is -0.225. The van der Waals surface area contributed by atoms with E-state index in [4.69, 9.17) is 11.6 Å². The van der Waals surface area contributed by atoms with Crippen LogP contribution in [-0.2, 0) is 0 Å². The molecule has 1 amide bonds. The van der Waals surface area contributed by atoms with Gasteiger partial charge in [0.1, 0.15) is 0 Å². The highest BCUT2D eigenvalue weighted by molar-refractivity contribution is 9.10. The lowest BCUT2D eigenvalue weighted by atomic mass is 10.1. The maximum atomic E-state index is 12.3. The van der Waals surface area contributed by atoms with Gasteiger partial charge < -0.3 is 10.6 Å². The standard InChI is InChI=1S/C15H16BrClN4O.ClH/c16-12-8-10(3-4-13(12)17)19-15(22)14-5-7-21(20-14)11-2-1-6-18-9-11;/h3-5,7-8,11,18H,1-2,6,9H2,(H,19,22);1H. The van der Waals surface area contributed by atoms with Crippen LogP contribution in [0.25, 0.3) is 0 Å². The first kappa shape index (κ1) is 18.3. The van der Waals surface area contributed by atoms with Crippen LogP contribution in [-0.4, -0.2) is 28.8 Å². The van der Waals surface area contributed by atoms with E-state index in [2.05, 4.69) is 31.7 Å². The van der Waals surface area contributed by atoms with Gasteiger partial charge in [-0.05, 0) is 59.6 Å². The fourth-order valence-corrected chi connectivity index (χ4v) is 2.99. The van der Waals surface area contributed by atoms with Crippen molar-refractivity contribution in [2.24, 2.45) is 0 Å². The first-order valence-electron chi connectivity index (χ1n) is 7.16. The number of carbonyl (C=O) groups excluding carboxylic acids is 1. The molecule has 0 aliphatic carbocycles. The summed E-state index contributed by atoms with van der Waals surface area (Å²) in [7, 11) is 0. The zero-order chi connectivity index (χ0) is 15.5. The van der Waals surface area contributed by atoms with Gasteiger partial charge in [0, 0.05) is 22.9 Å². The van der Waals surface area contributed by atoms with E-state index < -0.39 is 0 Å². The van der Waals surface area contributed by atoms with Gasteiger partial charge in [0.15, 0.2) is 5.69 Å². The largest absolute Gasteiger partial charge is 0.321 e. The number of benzene rings is 1. The van der Waals surface area contributed by atoms with Gasteiger partial charge in [0.05, 0.1) is 11.1 Å². The van der Waals surface area contributed by atoms with Crippen LogP contribution in [0.15, 0.2) is 34.9 Å². The zero-order valence-corrected chi connectivity index (χ0v) is 15.4. The van der Waals surface area contributed by atoms with E-state index in [0.717, 1.165) is 30.4 Å². The highest BCUT2D eigenvalue weighted by Gasteiger charge is 2.17. The van der Waals surface area contributed by atoms with Crippen molar-refractivity contribution in [3.05, 3.63) is 45.7 Å². The number of hydrogen-bond acceptors (Lipinski definition) is 3. The fraction of sp³-hybridized carbons (Fsp3) is 0.333. The number of piperidine rings is 1. The van der Waals surface area contributed by atoms with E-state index in [9.17, 15) is 4.79 Å². The molecule has 1 aromatic heterocycles. The monoisotopic (exact) mass is 418 g/mol. The van der Waals surface area contributed by atoms with Gasteiger partial charge >= 0.3 is 0 Å². The third kappa shape index (κ3) is 4.47. The average molecular weight is 420 g/mol. The molecule has 0 saturated carbocycles. The SMILES string of the molecule is Cl.O=C(Nc1ccc(Cl)c(Br)c1)c1ccn(C2CCCNC2)n1. The summed E-state index contributed by atoms with van der Waals surface area (Å²) < 4.78 is 2.62. The van der Waals surface area contributed by atoms with Crippen LogP contribution in [0.1, 0.15) is 29.4 Å². The molecule has 8 heteroatoms. The Kier molecular flexibility index (Phi) is 6.47. The molecule has 0 bridgehead atoms. The Morgan fingerprint density at radius 1 is 1.43 bits per heavy atom. The molecular weight excluding hydrogens is 403 g/mol. The van der Waals surface area contributed by atoms with Crippen molar-refractivity contribution < 1.29 is 4.79 Å². The van der Waals surface area contributed by atoms with Crippen LogP contribution in [0.3, 0.4) is 0 Å². The predicted octanol–water partition coefficient (Wildman–Crippen LogP) is 3.90. The number of aromatic nitrogens is 2. The summed E-state index contributed by atoms with van der Waals surface area (Å²) in [6, 6.07) is 7.32. The van der Waals surface area contributed by atoms with Gasteiger partial charge in [-0.2, -0.15) is 5.10 Å². The normalized spacial score (nSPS) is 17.4. The van der Waals surface area contributed by atoms with Crippen LogP contribution in [0, 0.1) is 0 Å². The van der Waals surface area contributed by atoms with Gasteiger partial charge in [0.2, 0.25) is 0 Å². The molecule has 2 heterocycles. The van der Waals surface area contributed by atoms with Crippen LogP contribution in [0.2, 0.25) is 5.02 Å². The Hall–Kier alpha value is -1.08. The first-order valence-corrected chi connectivity index (χ1v) is 8.33. The summed E-state index contributed by atoms with van der Waals surface area (Å²) in [5, 5.41) is 11.2.